The fraction of sp³-hybridized carbons (Fsp3) is 0.200. The molecule has 0 amide bonds. The van der Waals surface area contributed by atoms with E-state index < -0.39 is 17.8 Å². The van der Waals surface area contributed by atoms with Gasteiger partial charge >= 0.3 is 12.3 Å². The van der Waals surface area contributed by atoms with Gasteiger partial charge in [-0.2, -0.15) is 9.78 Å². The Morgan fingerprint density at radius 2 is 2.17 bits per heavy atom. The first kappa shape index (κ1) is 8.57. The van der Waals surface area contributed by atoms with Gasteiger partial charge in [-0.15, -0.1) is 13.2 Å². The third-order valence-corrected chi connectivity index (χ3v) is 1.09. The normalized spacial score (nSPS) is 11.6. The second-order valence-electron chi connectivity index (χ2n) is 1.95. The lowest BCUT2D eigenvalue weighted by atomic mass is 10.4. The monoisotopic (exact) mass is 180 g/mol. The average Bonchev–Trinajstić information content (AvgIpc) is 2.30. The lowest BCUT2D eigenvalue weighted by molar-refractivity contribution is -0.212. The van der Waals surface area contributed by atoms with E-state index in [2.05, 4.69) is 5.10 Å². The molecule has 1 rings (SSSR count). The fourth-order valence-corrected chi connectivity index (χ4v) is 0.572. The molecule has 0 radical (unpaired) electrons. The summed E-state index contributed by atoms with van der Waals surface area (Å²) in [6.45, 7) is 0. The van der Waals surface area contributed by atoms with E-state index in [4.69, 9.17) is 5.11 Å². The Balaban J connectivity index is 3.00. The first-order valence-corrected chi connectivity index (χ1v) is 2.76. The van der Waals surface area contributed by atoms with Crippen molar-refractivity contribution in [2.24, 2.45) is 0 Å². The number of rotatable bonds is 1. The van der Waals surface area contributed by atoms with Crippen molar-refractivity contribution in [3.63, 3.8) is 0 Å². The van der Waals surface area contributed by atoms with Crippen molar-refractivity contribution in [3.8, 4) is 0 Å². The van der Waals surface area contributed by atoms with Crippen LogP contribution in [0.1, 0.15) is 10.4 Å². The first-order chi connectivity index (χ1) is 5.41. The standard InChI is InChI=1S/C5H3F3N2O2/c6-5(7,8)10-2-3(1-9-10)4(11)12/h1-2H,(H,11,12). The van der Waals surface area contributed by atoms with Gasteiger partial charge < -0.3 is 5.11 Å². The van der Waals surface area contributed by atoms with Crippen LogP contribution in [0.3, 0.4) is 0 Å². The van der Waals surface area contributed by atoms with Crippen LogP contribution in [0.5, 0.6) is 0 Å². The van der Waals surface area contributed by atoms with Crippen LogP contribution in [0.25, 0.3) is 0 Å². The summed E-state index contributed by atoms with van der Waals surface area (Å²) in [7, 11) is 0. The summed E-state index contributed by atoms with van der Waals surface area (Å²) in [6, 6.07) is 0. The number of carbonyl (C=O) groups is 1. The van der Waals surface area contributed by atoms with Gasteiger partial charge in [-0.05, 0) is 0 Å². The SMILES string of the molecule is O=C(O)c1cnn(C(F)(F)F)c1. The van der Waals surface area contributed by atoms with Gasteiger partial charge in [0.2, 0.25) is 0 Å². The number of carboxylic acid groups (broad SMARTS) is 1. The molecule has 0 saturated carbocycles. The molecule has 1 aromatic rings. The van der Waals surface area contributed by atoms with Crippen molar-refractivity contribution >= 4 is 5.97 Å². The van der Waals surface area contributed by atoms with E-state index >= 15 is 0 Å². The predicted octanol–water partition coefficient (Wildman–Crippen LogP) is 1.06. The maximum Gasteiger partial charge on any atom is 0.504 e. The van der Waals surface area contributed by atoms with Crippen LogP contribution in [-0.2, 0) is 6.30 Å². The van der Waals surface area contributed by atoms with Gasteiger partial charge in [-0.3, -0.25) is 0 Å². The van der Waals surface area contributed by atoms with Gasteiger partial charge in [0.1, 0.15) is 0 Å². The van der Waals surface area contributed by atoms with Crippen molar-refractivity contribution in [1.82, 2.24) is 9.78 Å². The van der Waals surface area contributed by atoms with Crippen molar-refractivity contribution < 1.29 is 23.1 Å². The Kier molecular flexibility index (Phi) is 1.79. The van der Waals surface area contributed by atoms with Gasteiger partial charge in [0.25, 0.3) is 0 Å². The zero-order valence-corrected chi connectivity index (χ0v) is 5.54. The number of halogens is 3. The second kappa shape index (κ2) is 2.50. The predicted molar refractivity (Wildman–Crippen MR) is 30.5 cm³/mol. The summed E-state index contributed by atoms with van der Waals surface area (Å²) >= 11 is 0. The van der Waals surface area contributed by atoms with Crippen LogP contribution < -0.4 is 0 Å². The molecule has 0 fully saturated rings. The number of nitrogens with zero attached hydrogens (tertiary/aromatic N) is 2. The van der Waals surface area contributed by atoms with Crippen LogP contribution >= 0.6 is 0 Å². The third kappa shape index (κ3) is 1.55. The minimum absolute atomic E-state index is 0.365. The highest BCUT2D eigenvalue weighted by Gasteiger charge is 2.32. The molecule has 66 valence electrons. The summed E-state index contributed by atoms with van der Waals surface area (Å²) < 4.78 is 35.0. The van der Waals surface area contributed by atoms with Crippen molar-refractivity contribution in [2.45, 2.75) is 6.30 Å². The fourth-order valence-electron chi connectivity index (χ4n) is 0.572. The van der Waals surface area contributed by atoms with Crippen LogP contribution in [-0.4, -0.2) is 20.9 Å². The lowest BCUT2D eigenvalue weighted by Gasteiger charge is -2.03. The molecule has 7 heteroatoms. The van der Waals surface area contributed by atoms with Crippen molar-refractivity contribution in [2.75, 3.05) is 0 Å². The Hall–Kier alpha value is -1.53. The van der Waals surface area contributed by atoms with E-state index in [1.807, 2.05) is 0 Å². The van der Waals surface area contributed by atoms with E-state index in [9.17, 15) is 18.0 Å². The molecule has 0 saturated heterocycles. The number of carboxylic acids is 1. The van der Waals surface area contributed by atoms with Gasteiger partial charge in [0.15, 0.2) is 0 Å². The highest BCUT2D eigenvalue weighted by atomic mass is 19.4. The van der Waals surface area contributed by atoms with E-state index in [1.54, 1.807) is 0 Å². The van der Waals surface area contributed by atoms with Crippen molar-refractivity contribution in [3.05, 3.63) is 18.0 Å². The molecule has 1 aromatic heterocycles. The molecule has 1 N–H and O–H groups in total. The summed E-state index contributed by atoms with van der Waals surface area (Å²) in [6.07, 6.45) is -3.62. The molecule has 0 bridgehead atoms. The minimum atomic E-state index is -4.66. The molecule has 0 aliphatic rings. The molecular weight excluding hydrogens is 177 g/mol. The smallest absolute Gasteiger partial charge is 0.478 e. The summed E-state index contributed by atoms with van der Waals surface area (Å²) in [5.41, 5.74) is -0.493. The molecule has 12 heavy (non-hydrogen) atoms. The largest absolute Gasteiger partial charge is 0.504 e. The van der Waals surface area contributed by atoms with Gasteiger partial charge in [-0.25, -0.2) is 4.79 Å². The second-order valence-corrected chi connectivity index (χ2v) is 1.95. The molecule has 0 atom stereocenters. The van der Waals surface area contributed by atoms with Crippen LogP contribution in [0.4, 0.5) is 13.2 Å². The summed E-state index contributed by atoms with van der Waals surface area (Å²) in [5, 5.41) is 11.1. The minimum Gasteiger partial charge on any atom is -0.478 e. The van der Waals surface area contributed by atoms with Crippen molar-refractivity contribution in [1.29, 1.82) is 0 Å². The molecular formula is C5H3F3N2O2. The highest BCUT2D eigenvalue weighted by molar-refractivity contribution is 5.86. The van der Waals surface area contributed by atoms with Gasteiger partial charge in [-0.1, -0.05) is 0 Å². The number of hydrogen-bond donors (Lipinski definition) is 1. The Morgan fingerprint density at radius 1 is 1.58 bits per heavy atom. The van der Waals surface area contributed by atoms with E-state index in [1.165, 1.54) is 0 Å². The zero-order chi connectivity index (χ0) is 9.35. The highest BCUT2D eigenvalue weighted by Crippen LogP contribution is 2.20. The Morgan fingerprint density at radius 3 is 2.42 bits per heavy atom. The number of aromatic nitrogens is 2. The average molecular weight is 180 g/mol. The van der Waals surface area contributed by atoms with E-state index in [0.29, 0.717) is 12.4 Å². The summed E-state index contributed by atoms with van der Waals surface area (Å²) in [4.78, 5) is 10.1. The first-order valence-electron chi connectivity index (χ1n) is 2.76. The Labute approximate surface area is 64.2 Å². The topological polar surface area (TPSA) is 55.1 Å². The molecule has 4 nitrogen and oxygen atoms in total. The van der Waals surface area contributed by atoms with Crippen LogP contribution in [0, 0.1) is 0 Å². The maximum absolute atomic E-state index is 11.8. The number of hydrogen-bond acceptors (Lipinski definition) is 2. The Bertz CT molecular complexity index is 304. The molecule has 0 aliphatic heterocycles. The number of alkyl halides is 3. The van der Waals surface area contributed by atoms with E-state index in [0.717, 1.165) is 0 Å². The zero-order valence-electron chi connectivity index (χ0n) is 5.54. The molecule has 1 heterocycles. The molecule has 0 spiro atoms. The quantitative estimate of drug-likeness (QED) is 0.702. The molecule has 0 unspecified atom stereocenters. The third-order valence-electron chi connectivity index (χ3n) is 1.09. The van der Waals surface area contributed by atoms with Gasteiger partial charge in [0, 0.05) is 6.20 Å². The summed E-state index contributed by atoms with van der Waals surface area (Å²) in [5.74, 6) is -1.44. The molecule has 0 aromatic carbocycles. The van der Waals surface area contributed by atoms with Crippen LogP contribution in [0.15, 0.2) is 12.4 Å². The molecule has 0 aliphatic carbocycles. The van der Waals surface area contributed by atoms with Gasteiger partial charge in [0.05, 0.1) is 11.8 Å². The maximum atomic E-state index is 11.8. The number of aromatic carboxylic acids is 1. The van der Waals surface area contributed by atoms with E-state index in [-0.39, 0.29) is 4.68 Å². The lowest BCUT2D eigenvalue weighted by Crippen LogP contribution is -2.16. The van der Waals surface area contributed by atoms with Crippen LogP contribution in [0.2, 0.25) is 0 Å².